The van der Waals surface area contributed by atoms with Crippen molar-refractivity contribution in [2.24, 2.45) is 0 Å². The summed E-state index contributed by atoms with van der Waals surface area (Å²) in [5.74, 6) is 0. The summed E-state index contributed by atoms with van der Waals surface area (Å²) in [6.07, 6.45) is 4.71. The number of benzene rings is 6. The summed E-state index contributed by atoms with van der Waals surface area (Å²) in [7, 11) is 0. The molecular weight excluding hydrogens is 693 g/mol. The van der Waals surface area contributed by atoms with E-state index in [9.17, 15) is 0 Å². The normalized spacial score (nSPS) is 13.8. The molecule has 0 atom stereocenters. The first-order chi connectivity index (χ1) is 28.2. The smallest absolute Gasteiger partial charge is 0.0972 e. The highest BCUT2D eigenvalue weighted by atomic mass is 14.8. The summed E-state index contributed by atoms with van der Waals surface area (Å²) in [4.78, 5) is 20.7. The summed E-state index contributed by atoms with van der Waals surface area (Å²) in [5.41, 5.74) is 14.7. The molecule has 11 rings (SSSR count). The molecule has 1 aliphatic rings. The van der Waals surface area contributed by atoms with Gasteiger partial charge in [-0.25, -0.2) is 19.9 Å². The molecule has 6 aromatic carbocycles. The van der Waals surface area contributed by atoms with Gasteiger partial charge in [0, 0.05) is 49.2 Å². The van der Waals surface area contributed by atoms with E-state index in [4.69, 9.17) is 19.9 Å². The van der Waals surface area contributed by atoms with Crippen LogP contribution >= 0.6 is 0 Å². The van der Waals surface area contributed by atoms with Gasteiger partial charge in [-0.05, 0) is 48.2 Å². The fourth-order valence-electron chi connectivity index (χ4n) is 9.04. The zero-order valence-electron chi connectivity index (χ0n) is 31.4. The zero-order chi connectivity index (χ0) is 37.8. The van der Waals surface area contributed by atoms with E-state index in [1.165, 1.54) is 24.0 Å². The molecule has 0 spiro atoms. The van der Waals surface area contributed by atoms with Crippen molar-refractivity contribution < 1.29 is 0 Å². The van der Waals surface area contributed by atoms with Crippen molar-refractivity contribution in [1.82, 2.24) is 19.9 Å². The Kier molecular flexibility index (Phi) is 7.95. The molecule has 4 heterocycles. The molecule has 0 radical (unpaired) electrons. The van der Waals surface area contributed by atoms with Gasteiger partial charge < -0.3 is 0 Å². The van der Waals surface area contributed by atoms with Gasteiger partial charge in [0.15, 0.2) is 0 Å². The van der Waals surface area contributed by atoms with Crippen LogP contribution in [0.5, 0.6) is 0 Å². The third-order valence-corrected chi connectivity index (χ3v) is 12.1. The molecule has 0 N–H and O–H groups in total. The third kappa shape index (κ3) is 5.84. The van der Waals surface area contributed by atoms with E-state index >= 15 is 0 Å². The minimum absolute atomic E-state index is 0.0212. The predicted octanol–water partition coefficient (Wildman–Crippen LogP) is 13.4. The lowest BCUT2D eigenvalue weighted by atomic mass is 9.73. The van der Waals surface area contributed by atoms with Gasteiger partial charge in [-0.15, -0.1) is 0 Å². The molecule has 4 aromatic heterocycles. The molecule has 0 unspecified atom stereocenters. The van der Waals surface area contributed by atoms with Gasteiger partial charge in [0.2, 0.25) is 0 Å². The highest BCUT2D eigenvalue weighted by molar-refractivity contribution is 6.05. The van der Waals surface area contributed by atoms with E-state index in [0.717, 1.165) is 101 Å². The maximum absolute atomic E-state index is 5.23. The molecule has 1 aliphatic carbocycles. The molecule has 0 amide bonds. The minimum Gasteiger partial charge on any atom is -0.245 e. The van der Waals surface area contributed by atoms with Crippen molar-refractivity contribution in [3.8, 4) is 45.0 Å². The van der Waals surface area contributed by atoms with Crippen LogP contribution in [-0.4, -0.2) is 19.9 Å². The summed E-state index contributed by atoms with van der Waals surface area (Å²) in [5, 5.41) is 4.37. The Morgan fingerprint density at radius 2 is 0.561 bits per heavy atom. The molecule has 0 aliphatic heterocycles. The summed E-state index contributed by atoms with van der Waals surface area (Å²) in [6, 6.07) is 64.8. The van der Waals surface area contributed by atoms with Crippen molar-refractivity contribution in [1.29, 1.82) is 0 Å². The van der Waals surface area contributed by atoms with E-state index in [1.54, 1.807) is 0 Å². The Morgan fingerprint density at radius 3 is 0.877 bits per heavy atom. The number of nitrogens with zero attached hydrogens (tertiary/aromatic N) is 4. The first-order valence-electron chi connectivity index (χ1n) is 19.9. The van der Waals surface area contributed by atoms with Crippen LogP contribution in [0.25, 0.3) is 88.6 Å². The van der Waals surface area contributed by atoms with E-state index < -0.39 is 0 Å². The Balaban J connectivity index is 0.913. The van der Waals surface area contributed by atoms with Gasteiger partial charge in [-0.1, -0.05) is 171 Å². The number of pyridine rings is 4. The van der Waals surface area contributed by atoms with Crippen molar-refractivity contribution in [3.05, 3.63) is 193 Å². The summed E-state index contributed by atoms with van der Waals surface area (Å²) >= 11 is 0. The lowest BCUT2D eigenvalue weighted by Crippen LogP contribution is -2.23. The number of hydrogen-bond acceptors (Lipinski definition) is 4. The van der Waals surface area contributed by atoms with Crippen LogP contribution in [0.15, 0.2) is 182 Å². The quantitative estimate of drug-likeness (QED) is 0.160. The summed E-state index contributed by atoms with van der Waals surface area (Å²) < 4.78 is 0. The van der Waals surface area contributed by atoms with Crippen LogP contribution in [0.1, 0.15) is 36.8 Å². The topological polar surface area (TPSA) is 51.6 Å². The first kappa shape index (κ1) is 33.3. The second kappa shape index (κ2) is 13.6. The molecule has 1 fully saturated rings. The molecule has 4 nitrogen and oxygen atoms in total. The van der Waals surface area contributed by atoms with Gasteiger partial charge in [0.05, 0.1) is 44.8 Å². The van der Waals surface area contributed by atoms with Gasteiger partial charge in [0.25, 0.3) is 0 Å². The van der Waals surface area contributed by atoms with Crippen LogP contribution in [0, 0.1) is 0 Å². The predicted molar refractivity (Wildman–Crippen MR) is 235 cm³/mol. The largest absolute Gasteiger partial charge is 0.245 e. The Hall–Kier alpha value is -7.04. The van der Waals surface area contributed by atoms with Crippen LogP contribution in [0.3, 0.4) is 0 Å². The number of hydrogen-bond donors (Lipinski definition) is 0. The number of aromatic nitrogens is 4. The first-order valence-corrected chi connectivity index (χ1v) is 19.9. The van der Waals surface area contributed by atoms with Crippen LogP contribution < -0.4 is 0 Å². The second-order valence-electron chi connectivity index (χ2n) is 15.4. The lowest BCUT2D eigenvalue weighted by Gasteiger charge is -2.31. The Morgan fingerprint density at radius 1 is 0.281 bits per heavy atom. The maximum atomic E-state index is 5.23. The second-order valence-corrected chi connectivity index (χ2v) is 15.4. The fraction of sp³-hybridized carbons (Fsp3) is 0.0943. The van der Waals surface area contributed by atoms with Gasteiger partial charge in [-0.3, -0.25) is 0 Å². The lowest BCUT2D eigenvalue weighted by molar-refractivity contribution is 0.535. The Bertz CT molecular complexity index is 2890. The average molecular weight is 731 g/mol. The molecule has 270 valence electrons. The highest BCUT2D eigenvalue weighted by Crippen LogP contribution is 2.47. The van der Waals surface area contributed by atoms with Crippen LogP contribution in [0.4, 0.5) is 0 Å². The van der Waals surface area contributed by atoms with Crippen LogP contribution in [0.2, 0.25) is 0 Å². The van der Waals surface area contributed by atoms with Crippen LogP contribution in [-0.2, 0) is 5.41 Å². The van der Waals surface area contributed by atoms with Crippen molar-refractivity contribution >= 4 is 43.6 Å². The molecule has 0 bridgehead atoms. The number of fused-ring (bicyclic) bond motifs is 6. The minimum atomic E-state index is -0.0212. The molecule has 1 saturated carbocycles. The molecule has 0 saturated heterocycles. The van der Waals surface area contributed by atoms with Gasteiger partial charge in [0.1, 0.15) is 0 Å². The van der Waals surface area contributed by atoms with Gasteiger partial charge >= 0.3 is 0 Å². The van der Waals surface area contributed by atoms with Crippen molar-refractivity contribution in [2.45, 2.75) is 31.1 Å². The molecule has 10 aromatic rings. The van der Waals surface area contributed by atoms with Crippen molar-refractivity contribution in [2.75, 3.05) is 0 Å². The fourth-order valence-corrected chi connectivity index (χ4v) is 9.04. The van der Waals surface area contributed by atoms with E-state index in [2.05, 4.69) is 170 Å². The van der Waals surface area contributed by atoms with E-state index in [1.807, 2.05) is 12.1 Å². The average Bonchev–Trinajstić information content (AvgIpc) is 3.80. The van der Waals surface area contributed by atoms with Gasteiger partial charge in [-0.2, -0.15) is 0 Å². The SMILES string of the molecule is c1ccc(-c2ccc3ccc4ccc(-c5ccc(C6(c7ccc(-c8ccc9ccc%10ccc(-c%11ccccc%11)nc%10c9n8)cc7)CCCC6)cc5)nc4c3n2)cc1. The maximum Gasteiger partial charge on any atom is 0.0972 e. The number of rotatable bonds is 6. The third-order valence-electron chi connectivity index (χ3n) is 12.1. The molecular formula is C53H38N4. The molecule has 57 heavy (non-hydrogen) atoms. The highest BCUT2D eigenvalue weighted by Gasteiger charge is 2.37. The zero-order valence-corrected chi connectivity index (χ0v) is 31.4. The standard InChI is InChI=1S/C53H38N4/c1-3-9-35(10-4-1)45-29-21-39-13-15-41-23-31-47(56-51(41)49(39)54-45)37-17-25-43(26-18-37)53(33-7-8-34-53)44-27-19-38(20-28-44)48-32-24-42-16-14-40-22-30-46(36-11-5-2-6-12-36)55-50(40)52(42)57-48/h1-6,9-32H,7-8,33-34H2. The van der Waals surface area contributed by atoms with E-state index in [-0.39, 0.29) is 5.41 Å². The monoisotopic (exact) mass is 730 g/mol. The molecule has 4 heteroatoms. The summed E-state index contributed by atoms with van der Waals surface area (Å²) in [6.45, 7) is 0. The van der Waals surface area contributed by atoms with Crippen molar-refractivity contribution in [3.63, 3.8) is 0 Å². The Labute approximate surface area is 331 Å². The van der Waals surface area contributed by atoms with E-state index in [0.29, 0.717) is 0 Å².